The number of hydrogen-bond acceptors (Lipinski definition) is 4. The molecule has 1 aromatic carbocycles. The first kappa shape index (κ1) is 19.9. The van der Waals surface area contributed by atoms with E-state index >= 15 is 0 Å². The maximum atomic E-state index is 12.2. The summed E-state index contributed by atoms with van der Waals surface area (Å²) in [4.78, 5) is 37.0. The number of amides is 3. The molecule has 3 amide bonds. The third-order valence-corrected chi connectivity index (χ3v) is 4.31. The van der Waals surface area contributed by atoms with Crippen molar-refractivity contribution in [3.8, 4) is 0 Å². The molecule has 0 atom stereocenters. The molecule has 0 radical (unpaired) electrons. The Morgan fingerprint density at radius 2 is 1.58 bits per heavy atom. The second-order valence-corrected chi connectivity index (χ2v) is 7.02. The van der Waals surface area contributed by atoms with E-state index in [1.54, 1.807) is 24.3 Å². The highest BCUT2D eigenvalue weighted by Gasteiger charge is 2.22. The van der Waals surface area contributed by atoms with Gasteiger partial charge in [-0.3, -0.25) is 19.3 Å². The summed E-state index contributed by atoms with van der Waals surface area (Å²) in [6.07, 6.45) is 1.72. The minimum Gasteiger partial charge on any atom is -0.353 e. The van der Waals surface area contributed by atoms with Crippen molar-refractivity contribution in [3.63, 3.8) is 0 Å². The number of carbonyl (C=O) groups is 3. The number of benzene rings is 1. The van der Waals surface area contributed by atoms with Crippen LogP contribution in [-0.2, 0) is 14.4 Å². The fourth-order valence-electron chi connectivity index (χ4n) is 2.85. The van der Waals surface area contributed by atoms with Crippen LogP contribution in [0.25, 0.3) is 0 Å². The quantitative estimate of drug-likeness (QED) is 0.722. The standard InChI is InChI=1S/C19H28N4O3/c1-13(2)19(26)22-17-8-10-23(11-9-17)12-18(25)21-16-6-4-15(5-7-16)20-14(3)24/h4-7,13,17H,8-12H2,1-3H3,(H,20,24)(H,21,25)(H,22,26). The third kappa shape index (κ3) is 6.48. The average molecular weight is 360 g/mol. The van der Waals surface area contributed by atoms with Crippen LogP contribution in [0.3, 0.4) is 0 Å². The largest absolute Gasteiger partial charge is 0.353 e. The second kappa shape index (κ2) is 9.33. The molecular formula is C19H28N4O3. The van der Waals surface area contributed by atoms with Gasteiger partial charge in [-0.05, 0) is 37.1 Å². The molecule has 26 heavy (non-hydrogen) atoms. The summed E-state index contributed by atoms with van der Waals surface area (Å²) in [6, 6.07) is 7.22. The maximum absolute atomic E-state index is 12.2. The Balaban J connectivity index is 1.73. The summed E-state index contributed by atoms with van der Waals surface area (Å²) >= 11 is 0. The van der Waals surface area contributed by atoms with Gasteiger partial charge in [-0.25, -0.2) is 0 Å². The van der Waals surface area contributed by atoms with Gasteiger partial charge in [0.05, 0.1) is 6.54 Å². The Morgan fingerprint density at radius 1 is 1.04 bits per heavy atom. The van der Waals surface area contributed by atoms with E-state index in [1.807, 2.05) is 13.8 Å². The van der Waals surface area contributed by atoms with Crippen molar-refractivity contribution >= 4 is 29.1 Å². The molecule has 0 bridgehead atoms. The van der Waals surface area contributed by atoms with Gasteiger partial charge in [0, 0.05) is 43.3 Å². The maximum Gasteiger partial charge on any atom is 0.238 e. The molecule has 1 aliphatic rings. The smallest absolute Gasteiger partial charge is 0.238 e. The molecule has 0 saturated carbocycles. The zero-order valence-electron chi connectivity index (χ0n) is 15.7. The van der Waals surface area contributed by atoms with E-state index in [0.29, 0.717) is 17.9 Å². The minimum absolute atomic E-state index is 0.00385. The molecular weight excluding hydrogens is 332 g/mol. The van der Waals surface area contributed by atoms with Crippen molar-refractivity contribution in [1.82, 2.24) is 10.2 Å². The van der Waals surface area contributed by atoms with Crippen LogP contribution in [0.1, 0.15) is 33.6 Å². The fraction of sp³-hybridized carbons (Fsp3) is 0.526. The first-order chi connectivity index (χ1) is 12.3. The van der Waals surface area contributed by atoms with Crippen LogP contribution in [0.4, 0.5) is 11.4 Å². The van der Waals surface area contributed by atoms with Gasteiger partial charge >= 0.3 is 0 Å². The Kier molecular flexibility index (Phi) is 7.15. The van der Waals surface area contributed by atoms with Gasteiger partial charge in [-0.15, -0.1) is 0 Å². The lowest BCUT2D eigenvalue weighted by atomic mass is 10.0. The highest BCUT2D eigenvalue weighted by Crippen LogP contribution is 2.14. The molecule has 1 aromatic rings. The molecule has 1 aliphatic heterocycles. The zero-order valence-corrected chi connectivity index (χ0v) is 15.7. The summed E-state index contributed by atoms with van der Waals surface area (Å²) in [7, 11) is 0. The number of likely N-dealkylation sites (tertiary alicyclic amines) is 1. The van der Waals surface area contributed by atoms with Crippen molar-refractivity contribution in [2.45, 2.75) is 39.7 Å². The molecule has 1 saturated heterocycles. The number of nitrogens with one attached hydrogen (secondary N) is 3. The second-order valence-electron chi connectivity index (χ2n) is 7.02. The molecule has 3 N–H and O–H groups in total. The number of rotatable bonds is 6. The molecule has 1 fully saturated rings. The van der Waals surface area contributed by atoms with Crippen LogP contribution in [-0.4, -0.2) is 48.3 Å². The van der Waals surface area contributed by atoms with Crippen LogP contribution in [0.15, 0.2) is 24.3 Å². The summed E-state index contributed by atoms with van der Waals surface area (Å²) in [5.41, 5.74) is 1.39. The first-order valence-corrected chi connectivity index (χ1v) is 9.03. The predicted octanol–water partition coefficient (Wildman–Crippen LogP) is 1.82. The number of carbonyl (C=O) groups excluding carboxylic acids is 3. The van der Waals surface area contributed by atoms with Gasteiger partial charge in [-0.2, -0.15) is 0 Å². The van der Waals surface area contributed by atoms with Gasteiger partial charge in [-0.1, -0.05) is 13.8 Å². The number of hydrogen-bond donors (Lipinski definition) is 3. The predicted molar refractivity (Wildman–Crippen MR) is 102 cm³/mol. The van der Waals surface area contributed by atoms with Gasteiger partial charge in [0.25, 0.3) is 0 Å². The minimum atomic E-state index is -0.130. The Morgan fingerprint density at radius 3 is 2.08 bits per heavy atom. The van der Waals surface area contributed by atoms with Crippen molar-refractivity contribution < 1.29 is 14.4 Å². The summed E-state index contributed by atoms with van der Waals surface area (Å²) in [5.74, 6) is -0.114. The average Bonchev–Trinajstić information content (AvgIpc) is 2.57. The molecule has 2 rings (SSSR count). The Labute approximate surface area is 154 Å². The molecule has 0 aromatic heterocycles. The summed E-state index contributed by atoms with van der Waals surface area (Å²) < 4.78 is 0. The van der Waals surface area contributed by atoms with Crippen molar-refractivity contribution in [1.29, 1.82) is 0 Å². The van der Waals surface area contributed by atoms with Gasteiger partial charge in [0.1, 0.15) is 0 Å². The first-order valence-electron chi connectivity index (χ1n) is 9.03. The van der Waals surface area contributed by atoms with Crippen LogP contribution in [0.2, 0.25) is 0 Å². The topological polar surface area (TPSA) is 90.5 Å². The number of anilines is 2. The Hall–Kier alpha value is -2.41. The van der Waals surface area contributed by atoms with E-state index in [0.717, 1.165) is 25.9 Å². The highest BCUT2D eigenvalue weighted by molar-refractivity contribution is 5.93. The normalized spacial score (nSPS) is 15.5. The van der Waals surface area contributed by atoms with Crippen LogP contribution in [0.5, 0.6) is 0 Å². The molecule has 0 unspecified atom stereocenters. The molecule has 7 nitrogen and oxygen atoms in total. The van der Waals surface area contributed by atoms with Gasteiger partial charge in [0.15, 0.2) is 0 Å². The molecule has 142 valence electrons. The van der Waals surface area contributed by atoms with E-state index in [9.17, 15) is 14.4 Å². The number of piperidine rings is 1. The molecule has 0 aliphatic carbocycles. The monoisotopic (exact) mass is 360 g/mol. The lowest BCUT2D eigenvalue weighted by molar-refractivity contribution is -0.125. The number of nitrogens with zero attached hydrogens (tertiary/aromatic N) is 1. The van der Waals surface area contributed by atoms with Gasteiger partial charge < -0.3 is 16.0 Å². The SMILES string of the molecule is CC(=O)Nc1ccc(NC(=O)CN2CCC(NC(=O)C(C)C)CC2)cc1. The van der Waals surface area contributed by atoms with Gasteiger partial charge in [0.2, 0.25) is 17.7 Å². The molecule has 0 spiro atoms. The van der Waals surface area contributed by atoms with Crippen molar-refractivity contribution in [2.75, 3.05) is 30.3 Å². The molecule has 7 heteroatoms. The van der Waals surface area contributed by atoms with Crippen molar-refractivity contribution in [3.05, 3.63) is 24.3 Å². The molecule has 1 heterocycles. The summed E-state index contributed by atoms with van der Waals surface area (Å²) in [6.45, 7) is 7.14. The third-order valence-electron chi connectivity index (χ3n) is 4.31. The van der Waals surface area contributed by atoms with E-state index in [1.165, 1.54) is 6.92 Å². The lowest BCUT2D eigenvalue weighted by Crippen LogP contribution is -2.47. The Bertz CT molecular complexity index is 635. The van der Waals surface area contributed by atoms with Crippen LogP contribution < -0.4 is 16.0 Å². The van der Waals surface area contributed by atoms with E-state index in [4.69, 9.17) is 0 Å². The lowest BCUT2D eigenvalue weighted by Gasteiger charge is -2.32. The van der Waals surface area contributed by atoms with Crippen molar-refractivity contribution in [2.24, 2.45) is 5.92 Å². The van der Waals surface area contributed by atoms with E-state index < -0.39 is 0 Å². The van der Waals surface area contributed by atoms with E-state index in [-0.39, 0.29) is 29.7 Å². The van der Waals surface area contributed by atoms with Crippen LogP contribution in [0, 0.1) is 5.92 Å². The summed E-state index contributed by atoms with van der Waals surface area (Å²) in [5, 5.41) is 8.61. The van der Waals surface area contributed by atoms with Crippen LogP contribution >= 0.6 is 0 Å². The highest BCUT2D eigenvalue weighted by atomic mass is 16.2. The van der Waals surface area contributed by atoms with E-state index in [2.05, 4.69) is 20.9 Å². The zero-order chi connectivity index (χ0) is 19.1. The fourth-order valence-corrected chi connectivity index (χ4v) is 2.85.